The van der Waals surface area contributed by atoms with E-state index in [0.29, 0.717) is 48.5 Å². The van der Waals surface area contributed by atoms with Crippen LogP contribution in [0.25, 0.3) is 5.76 Å². The van der Waals surface area contributed by atoms with Gasteiger partial charge in [0.05, 0.1) is 18.9 Å². The summed E-state index contributed by atoms with van der Waals surface area (Å²) in [6, 6.07) is 14.3. The van der Waals surface area contributed by atoms with Crippen LogP contribution >= 0.6 is 0 Å². The Hall–Kier alpha value is -6.27. The van der Waals surface area contributed by atoms with Gasteiger partial charge < -0.3 is 59.4 Å². The predicted octanol–water partition coefficient (Wildman–Crippen LogP) is 4.54. The molecule has 4 heterocycles. The first kappa shape index (κ1) is 40.5. The molecule has 17 nitrogen and oxygen atoms in total. The summed E-state index contributed by atoms with van der Waals surface area (Å²) in [5.41, 5.74) is -1.95. The molecule has 2 fully saturated rings. The lowest BCUT2D eigenvalue weighted by molar-refractivity contribution is -0.326. The number of carbonyl (C=O) groups is 1. The van der Waals surface area contributed by atoms with Crippen molar-refractivity contribution < 1.29 is 64.2 Å². The highest BCUT2D eigenvalue weighted by Crippen LogP contribution is 2.55. The van der Waals surface area contributed by atoms with Crippen LogP contribution in [-0.4, -0.2) is 109 Å². The summed E-state index contributed by atoms with van der Waals surface area (Å²) in [7, 11) is 0. The van der Waals surface area contributed by atoms with Crippen LogP contribution in [0.4, 0.5) is 0 Å². The van der Waals surface area contributed by atoms with Gasteiger partial charge in [0.1, 0.15) is 71.3 Å². The molecule has 8 rings (SSSR count). The van der Waals surface area contributed by atoms with Crippen LogP contribution < -0.4 is 18.9 Å². The summed E-state index contributed by atoms with van der Waals surface area (Å²) >= 11 is 0. The number of allylic oxidation sites excluding steroid dienone is 1. The molecule has 60 heavy (non-hydrogen) atoms. The summed E-state index contributed by atoms with van der Waals surface area (Å²) in [4.78, 5) is 25.6. The average Bonchev–Trinajstić information content (AvgIpc) is 3.94. The molecule has 0 amide bonds. The van der Waals surface area contributed by atoms with Crippen LogP contribution in [-0.2, 0) is 16.1 Å². The van der Waals surface area contributed by atoms with Crippen molar-refractivity contribution in [1.82, 2.24) is 0 Å². The molecule has 0 bridgehead atoms. The number of carboxylic acids is 1. The van der Waals surface area contributed by atoms with Crippen LogP contribution in [0.1, 0.15) is 61.3 Å². The number of carboxylic acid groups (broad SMARTS) is 1. The zero-order chi connectivity index (χ0) is 42.2. The van der Waals surface area contributed by atoms with Gasteiger partial charge >= 0.3 is 5.97 Å². The molecule has 0 spiro atoms. The van der Waals surface area contributed by atoms with Gasteiger partial charge in [0.2, 0.25) is 12.0 Å². The van der Waals surface area contributed by atoms with E-state index in [1.807, 2.05) is 0 Å². The molecule has 1 saturated carbocycles. The van der Waals surface area contributed by atoms with Crippen molar-refractivity contribution in [3.05, 3.63) is 89.5 Å². The maximum atomic E-state index is 13.0. The Labute approximate surface area is 343 Å². The first-order valence-electron chi connectivity index (χ1n) is 19.5. The number of fused-ring (bicyclic) bond motifs is 1. The topological polar surface area (TPSA) is 266 Å². The fraction of sp³-hybridized carbons (Fsp3) is 0.372. The van der Waals surface area contributed by atoms with Gasteiger partial charge in [-0.25, -0.2) is 14.8 Å². The molecule has 1 aliphatic carbocycles. The van der Waals surface area contributed by atoms with Gasteiger partial charge in [-0.3, -0.25) is 10.4 Å². The monoisotopic (exact) mass is 824 g/mol. The highest BCUT2D eigenvalue weighted by molar-refractivity contribution is 6.14. The molecule has 6 atom stereocenters. The van der Waals surface area contributed by atoms with Gasteiger partial charge in [-0.1, -0.05) is 43.5 Å². The Bertz CT molecular complexity index is 2320. The number of hydrogen-bond acceptors (Lipinski definition) is 15. The van der Waals surface area contributed by atoms with Gasteiger partial charge in [-0.15, -0.1) is 0 Å². The summed E-state index contributed by atoms with van der Waals surface area (Å²) in [6.07, 6.45) is -0.0896. The highest BCUT2D eigenvalue weighted by atomic mass is 16.7. The van der Waals surface area contributed by atoms with E-state index in [-0.39, 0.29) is 66.1 Å². The van der Waals surface area contributed by atoms with Crippen molar-refractivity contribution in [2.75, 3.05) is 13.2 Å². The third-order valence-corrected chi connectivity index (χ3v) is 11.6. The Morgan fingerprint density at radius 2 is 1.77 bits per heavy atom. The number of nitrogens with zero attached hydrogens (tertiary/aromatic N) is 3. The average molecular weight is 825 g/mol. The van der Waals surface area contributed by atoms with Crippen LogP contribution in [0.5, 0.6) is 34.5 Å². The summed E-state index contributed by atoms with van der Waals surface area (Å²) in [5, 5.41) is 87.2. The smallest absolute Gasteiger partial charge is 0.336 e. The second-order valence-corrected chi connectivity index (χ2v) is 15.2. The van der Waals surface area contributed by atoms with Crippen LogP contribution in [0.3, 0.4) is 0 Å². The number of nitrogens with one attached hydrogen (secondary N) is 1. The van der Waals surface area contributed by atoms with Gasteiger partial charge in [0, 0.05) is 29.7 Å². The summed E-state index contributed by atoms with van der Waals surface area (Å²) < 4.78 is 30.1. The molecule has 3 aromatic rings. The SMILES string of the molecule is N=C1C=CC(CCOc2ccc(C3C=C(O)c4c(cc(OC5OC(C(=O)O)C(O)(C6(C7=NC=NC7)CCCCC6)C(O)C5O)c(OCc5cccc(O)c5)c4O)O3)cc2)=N1. The van der Waals surface area contributed by atoms with Crippen molar-refractivity contribution in [2.45, 2.75) is 81.4 Å². The molecule has 4 aliphatic heterocycles. The maximum Gasteiger partial charge on any atom is 0.336 e. The van der Waals surface area contributed by atoms with E-state index in [4.69, 9.17) is 29.1 Å². The Morgan fingerprint density at radius 3 is 2.45 bits per heavy atom. The van der Waals surface area contributed by atoms with E-state index in [9.17, 15) is 40.5 Å². The van der Waals surface area contributed by atoms with Crippen molar-refractivity contribution in [3.8, 4) is 34.5 Å². The number of phenolic OH excluding ortho intramolecular Hbond substituents is 2. The van der Waals surface area contributed by atoms with Crippen molar-refractivity contribution >= 4 is 35.3 Å². The number of amidine groups is 1. The maximum absolute atomic E-state index is 13.0. The standard InChI is InChI=1S/C43H44N4O13/c44-33-12-9-25(47-33)13-16-56-27-10-7-24(8-11-27)29-18-28(49)34-30(58-29)19-31(37(35(34)50)57-21-23-5-4-6-26(48)17-23)59-41-36(51)38(52)43(55,39(60-41)40(53)54)42(14-2-1-3-15-42)32-20-45-22-46-32/h4-12,17-19,22,29,36,38-39,41,44,48-52,55H,1-3,13-16,20-21H2,(H,53,54). The third-order valence-electron chi connectivity index (χ3n) is 11.6. The fourth-order valence-electron chi connectivity index (χ4n) is 8.62. The molecular formula is C43H44N4O13. The van der Waals surface area contributed by atoms with Crippen LogP contribution in [0.2, 0.25) is 0 Å². The van der Waals surface area contributed by atoms with Gasteiger partial charge in [-0.05, 0) is 60.4 Å². The number of phenols is 2. The minimum absolute atomic E-state index is 0.0498. The van der Waals surface area contributed by atoms with E-state index >= 15 is 0 Å². The van der Waals surface area contributed by atoms with Crippen molar-refractivity contribution in [1.29, 1.82) is 5.41 Å². The number of ether oxygens (including phenoxy) is 5. The van der Waals surface area contributed by atoms with Gasteiger partial charge in [0.15, 0.2) is 17.6 Å². The van der Waals surface area contributed by atoms with E-state index < -0.39 is 53.4 Å². The third kappa shape index (κ3) is 7.44. The molecule has 3 aromatic carbocycles. The number of aliphatic hydroxyl groups excluding tert-OH is 3. The van der Waals surface area contributed by atoms with Crippen molar-refractivity contribution in [3.63, 3.8) is 0 Å². The second-order valence-electron chi connectivity index (χ2n) is 15.2. The molecule has 8 N–H and O–H groups in total. The molecule has 5 aliphatic rings. The van der Waals surface area contributed by atoms with Gasteiger partial charge in [0.25, 0.3) is 0 Å². The minimum atomic E-state index is -2.57. The minimum Gasteiger partial charge on any atom is -0.508 e. The lowest BCUT2D eigenvalue weighted by Gasteiger charge is -2.57. The zero-order valence-electron chi connectivity index (χ0n) is 32.2. The van der Waals surface area contributed by atoms with Crippen LogP contribution in [0.15, 0.2) is 87.8 Å². The van der Waals surface area contributed by atoms with E-state index in [1.54, 1.807) is 48.6 Å². The summed E-state index contributed by atoms with van der Waals surface area (Å²) in [6.45, 7) is 0.165. The van der Waals surface area contributed by atoms with E-state index in [1.165, 1.54) is 30.6 Å². The molecule has 1 saturated heterocycles. The Kier molecular flexibility index (Phi) is 11.1. The lowest BCUT2D eigenvalue weighted by atomic mass is 9.55. The largest absolute Gasteiger partial charge is 0.508 e. The summed E-state index contributed by atoms with van der Waals surface area (Å²) in [5.74, 6) is -2.76. The number of aliphatic carboxylic acids is 1. The number of rotatable bonds is 13. The van der Waals surface area contributed by atoms with Crippen molar-refractivity contribution in [2.24, 2.45) is 20.4 Å². The number of aromatic hydroxyl groups is 2. The fourth-order valence-corrected chi connectivity index (χ4v) is 8.62. The first-order chi connectivity index (χ1) is 28.9. The Balaban J connectivity index is 1.09. The Morgan fingerprint density at radius 1 is 0.983 bits per heavy atom. The number of aliphatic imine (C=N–C) groups is 3. The number of hydrogen-bond donors (Lipinski definition) is 8. The second kappa shape index (κ2) is 16.4. The van der Waals surface area contributed by atoms with Crippen LogP contribution in [0, 0.1) is 10.8 Å². The zero-order valence-corrected chi connectivity index (χ0v) is 32.2. The predicted molar refractivity (Wildman–Crippen MR) is 216 cm³/mol. The molecular weight excluding hydrogens is 780 g/mol. The van der Waals surface area contributed by atoms with Gasteiger partial charge in [-0.2, -0.15) is 0 Å². The molecule has 6 unspecified atom stereocenters. The number of benzene rings is 3. The molecule has 0 aromatic heterocycles. The lowest BCUT2D eigenvalue weighted by Crippen LogP contribution is -2.76. The van der Waals surface area contributed by atoms with E-state index in [0.717, 1.165) is 12.1 Å². The molecule has 0 radical (unpaired) electrons. The highest BCUT2D eigenvalue weighted by Gasteiger charge is 2.69. The number of aliphatic hydroxyl groups is 4. The molecule has 314 valence electrons. The normalized spacial score (nSPS) is 26.7. The first-order valence-corrected chi connectivity index (χ1v) is 19.5. The molecule has 17 heteroatoms. The van der Waals surface area contributed by atoms with E-state index in [2.05, 4.69) is 15.0 Å². The quantitative estimate of drug-likeness (QED) is 0.118.